The van der Waals surface area contributed by atoms with Crippen LogP contribution in [0.15, 0.2) is 6.07 Å². The van der Waals surface area contributed by atoms with Crippen LogP contribution in [0.1, 0.15) is 24.2 Å². The van der Waals surface area contributed by atoms with Crippen molar-refractivity contribution in [2.45, 2.75) is 38.9 Å². The number of anilines is 1. The molecule has 0 saturated carbocycles. The SMILES string of the molecule is Cc1cc(C)nc(N2C(=O)[C@H]3[C@H](C2=O)[C@H]2CC[C@H]3O2)n1. The minimum Gasteiger partial charge on any atom is -0.373 e. The van der Waals surface area contributed by atoms with Crippen LogP contribution >= 0.6 is 0 Å². The standard InChI is InChI=1S/C14H15N3O3/c1-6-5-7(2)16-14(15-6)17-12(18)10-8-3-4-9(20-8)11(10)13(17)19/h5,8-11H,3-4H2,1-2H3/t8-,9-,10-,11-/m1/s1. The quantitative estimate of drug-likeness (QED) is 0.706. The van der Waals surface area contributed by atoms with Crippen molar-refractivity contribution >= 4 is 17.8 Å². The molecule has 1 aromatic rings. The van der Waals surface area contributed by atoms with Crippen molar-refractivity contribution in [2.24, 2.45) is 11.8 Å². The molecular weight excluding hydrogens is 258 g/mol. The van der Waals surface area contributed by atoms with Gasteiger partial charge in [0.25, 0.3) is 0 Å². The second-order valence-corrected chi connectivity index (χ2v) is 5.80. The Hall–Kier alpha value is -1.82. The van der Waals surface area contributed by atoms with E-state index in [2.05, 4.69) is 9.97 Å². The summed E-state index contributed by atoms with van der Waals surface area (Å²) in [6.45, 7) is 3.66. The lowest BCUT2D eigenvalue weighted by molar-refractivity contribution is -0.124. The smallest absolute Gasteiger partial charge is 0.242 e. The van der Waals surface area contributed by atoms with E-state index >= 15 is 0 Å². The topological polar surface area (TPSA) is 72.4 Å². The van der Waals surface area contributed by atoms with Crippen molar-refractivity contribution < 1.29 is 14.3 Å². The van der Waals surface area contributed by atoms with Crippen molar-refractivity contribution in [1.82, 2.24) is 9.97 Å². The van der Waals surface area contributed by atoms with E-state index in [1.54, 1.807) is 0 Å². The fraction of sp³-hybridized carbons (Fsp3) is 0.571. The maximum Gasteiger partial charge on any atom is 0.242 e. The minimum absolute atomic E-state index is 0.0997. The number of aryl methyl sites for hydroxylation is 2. The summed E-state index contributed by atoms with van der Waals surface area (Å²) in [5, 5.41) is 0. The second-order valence-electron chi connectivity index (χ2n) is 5.80. The Labute approximate surface area is 116 Å². The molecule has 0 aliphatic carbocycles. The van der Waals surface area contributed by atoms with Crippen molar-refractivity contribution in [3.63, 3.8) is 0 Å². The Morgan fingerprint density at radius 2 is 1.55 bits per heavy atom. The maximum atomic E-state index is 12.6. The first kappa shape index (κ1) is 12.0. The number of hydrogen-bond donors (Lipinski definition) is 0. The molecule has 0 spiro atoms. The summed E-state index contributed by atoms with van der Waals surface area (Å²) in [6.07, 6.45) is 1.54. The van der Waals surface area contributed by atoms with Crippen LogP contribution in [0.4, 0.5) is 5.95 Å². The summed E-state index contributed by atoms with van der Waals surface area (Å²) in [6, 6.07) is 1.82. The van der Waals surface area contributed by atoms with E-state index < -0.39 is 0 Å². The van der Waals surface area contributed by atoms with Crippen LogP contribution in [0.3, 0.4) is 0 Å². The number of amides is 2. The van der Waals surface area contributed by atoms with Crippen LogP contribution in [-0.4, -0.2) is 34.0 Å². The van der Waals surface area contributed by atoms with E-state index in [0.29, 0.717) is 0 Å². The molecular formula is C14H15N3O3. The van der Waals surface area contributed by atoms with E-state index in [9.17, 15) is 9.59 Å². The first-order valence-electron chi connectivity index (χ1n) is 6.92. The molecule has 4 atom stereocenters. The zero-order chi connectivity index (χ0) is 14.0. The van der Waals surface area contributed by atoms with Gasteiger partial charge in [-0.2, -0.15) is 0 Å². The Bertz CT molecular complexity index is 582. The van der Waals surface area contributed by atoms with Crippen molar-refractivity contribution in [3.05, 3.63) is 17.5 Å². The summed E-state index contributed by atoms with van der Waals surface area (Å²) in [5.41, 5.74) is 1.51. The Morgan fingerprint density at radius 3 is 2.05 bits per heavy atom. The second kappa shape index (κ2) is 3.85. The molecule has 0 unspecified atom stereocenters. The maximum absolute atomic E-state index is 12.6. The van der Waals surface area contributed by atoms with Gasteiger partial charge in [0.15, 0.2) is 0 Å². The van der Waals surface area contributed by atoms with Gasteiger partial charge >= 0.3 is 0 Å². The predicted molar refractivity (Wildman–Crippen MR) is 68.9 cm³/mol. The number of carbonyl (C=O) groups excluding carboxylic acids is 2. The van der Waals surface area contributed by atoms with E-state index in [1.807, 2.05) is 19.9 Å². The summed E-state index contributed by atoms with van der Waals surface area (Å²) in [5.74, 6) is -0.836. The van der Waals surface area contributed by atoms with Gasteiger partial charge in [-0.3, -0.25) is 9.59 Å². The van der Waals surface area contributed by atoms with Crippen LogP contribution < -0.4 is 4.90 Å². The highest BCUT2D eigenvalue weighted by Gasteiger charge is 2.63. The molecule has 0 aromatic carbocycles. The van der Waals surface area contributed by atoms with Gasteiger partial charge in [0.05, 0.1) is 24.0 Å². The number of rotatable bonds is 1. The average molecular weight is 273 g/mol. The lowest BCUT2D eigenvalue weighted by Crippen LogP contribution is -2.35. The summed E-state index contributed by atoms with van der Waals surface area (Å²) >= 11 is 0. The normalized spacial score (nSPS) is 35.0. The molecule has 20 heavy (non-hydrogen) atoms. The van der Waals surface area contributed by atoms with Crippen LogP contribution in [0.2, 0.25) is 0 Å². The van der Waals surface area contributed by atoms with Crippen molar-refractivity contribution in [2.75, 3.05) is 4.90 Å². The number of hydrogen-bond acceptors (Lipinski definition) is 5. The minimum atomic E-state index is -0.328. The molecule has 2 amide bonds. The molecule has 6 nitrogen and oxygen atoms in total. The molecule has 3 aliphatic rings. The first-order chi connectivity index (χ1) is 9.56. The number of nitrogens with zero attached hydrogens (tertiary/aromatic N) is 3. The molecule has 4 rings (SSSR count). The zero-order valence-electron chi connectivity index (χ0n) is 11.4. The number of aromatic nitrogens is 2. The monoisotopic (exact) mass is 273 g/mol. The lowest BCUT2D eigenvalue weighted by atomic mass is 9.81. The molecule has 3 fully saturated rings. The van der Waals surface area contributed by atoms with E-state index in [-0.39, 0.29) is 41.8 Å². The van der Waals surface area contributed by atoms with Crippen LogP contribution in [0.5, 0.6) is 0 Å². The van der Waals surface area contributed by atoms with Crippen molar-refractivity contribution in [1.29, 1.82) is 0 Å². The molecule has 2 bridgehead atoms. The highest BCUT2D eigenvalue weighted by molar-refractivity contribution is 6.21. The Morgan fingerprint density at radius 1 is 1.05 bits per heavy atom. The fourth-order valence-corrected chi connectivity index (χ4v) is 3.72. The molecule has 1 aromatic heterocycles. The number of fused-ring (bicyclic) bond motifs is 5. The van der Waals surface area contributed by atoms with E-state index in [1.165, 1.54) is 4.90 Å². The molecule has 4 heterocycles. The third-order valence-electron chi connectivity index (χ3n) is 4.45. The Balaban J connectivity index is 1.76. The largest absolute Gasteiger partial charge is 0.373 e. The molecule has 6 heteroatoms. The summed E-state index contributed by atoms with van der Waals surface area (Å²) in [4.78, 5) is 34.8. The lowest BCUT2D eigenvalue weighted by Gasteiger charge is -2.16. The molecule has 3 saturated heterocycles. The Kier molecular flexibility index (Phi) is 2.30. The fourth-order valence-electron chi connectivity index (χ4n) is 3.72. The van der Waals surface area contributed by atoms with Crippen LogP contribution in [0.25, 0.3) is 0 Å². The number of carbonyl (C=O) groups is 2. The molecule has 3 aliphatic heterocycles. The van der Waals surface area contributed by atoms with Gasteiger partial charge < -0.3 is 4.74 Å². The third kappa shape index (κ3) is 1.42. The van der Waals surface area contributed by atoms with E-state index in [0.717, 1.165) is 24.2 Å². The van der Waals surface area contributed by atoms with Gasteiger partial charge in [-0.1, -0.05) is 0 Å². The van der Waals surface area contributed by atoms with Crippen LogP contribution in [-0.2, 0) is 14.3 Å². The number of ether oxygens (including phenoxy) is 1. The highest BCUT2D eigenvalue weighted by atomic mass is 16.5. The summed E-state index contributed by atoms with van der Waals surface area (Å²) < 4.78 is 5.70. The van der Waals surface area contributed by atoms with Crippen LogP contribution in [0, 0.1) is 25.7 Å². The van der Waals surface area contributed by atoms with Gasteiger partial charge in [0.2, 0.25) is 17.8 Å². The first-order valence-corrected chi connectivity index (χ1v) is 6.92. The molecule has 0 N–H and O–H groups in total. The summed E-state index contributed by atoms with van der Waals surface area (Å²) in [7, 11) is 0. The third-order valence-corrected chi connectivity index (χ3v) is 4.45. The highest BCUT2D eigenvalue weighted by Crippen LogP contribution is 2.48. The van der Waals surface area contributed by atoms with Gasteiger partial charge in [-0.05, 0) is 32.8 Å². The average Bonchev–Trinajstić information content (AvgIpc) is 3.02. The van der Waals surface area contributed by atoms with Gasteiger partial charge in [-0.25, -0.2) is 14.9 Å². The predicted octanol–water partition coefficient (Wildman–Crippen LogP) is 0.760. The van der Waals surface area contributed by atoms with Gasteiger partial charge in [-0.15, -0.1) is 0 Å². The number of imide groups is 1. The van der Waals surface area contributed by atoms with E-state index in [4.69, 9.17) is 4.74 Å². The van der Waals surface area contributed by atoms with Gasteiger partial charge in [0.1, 0.15) is 0 Å². The molecule has 0 radical (unpaired) electrons. The zero-order valence-corrected chi connectivity index (χ0v) is 11.4. The van der Waals surface area contributed by atoms with Crippen molar-refractivity contribution in [3.8, 4) is 0 Å². The molecule has 104 valence electrons. The van der Waals surface area contributed by atoms with Gasteiger partial charge in [0, 0.05) is 11.4 Å².